The molecule has 1 atom stereocenters. The van der Waals surface area contributed by atoms with Crippen LogP contribution in [0.4, 0.5) is 10.2 Å². The fourth-order valence-corrected chi connectivity index (χ4v) is 4.22. The number of aromatic amines is 1. The molecule has 5 rings (SSSR count). The molecule has 2 aromatic rings. The largest absolute Gasteiger partial charge is 0.309 e. The van der Waals surface area contributed by atoms with Crippen LogP contribution in [0.2, 0.25) is 0 Å². The van der Waals surface area contributed by atoms with E-state index in [0.29, 0.717) is 17.9 Å². The Morgan fingerprint density at radius 3 is 2.91 bits per heavy atom. The Kier molecular flexibility index (Phi) is 4.74. The third kappa shape index (κ3) is 3.06. The van der Waals surface area contributed by atoms with Gasteiger partial charge in [-0.05, 0) is 37.5 Å². The number of halogens is 1. The van der Waals surface area contributed by atoms with Crippen LogP contribution in [0.1, 0.15) is 50.1 Å². The van der Waals surface area contributed by atoms with Gasteiger partial charge in [-0.3, -0.25) is 14.6 Å². The zero-order chi connectivity index (χ0) is 22.5. The number of carbonyl (C=O) groups is 1. The predicted molar refractivity (Wildman–Crippen MR) is 119 cm³/mol. The summed E-state index contributed by atoms with van der Waals surface area (Å²) in [6.07, 6.45) is 4.43. The number of hydrazine groups is 1. The quantitative estimate of drug-likeness (QED) is 0.667. The van der Waals surface area contributed by atoms with Gasteiger partial charge >= 0.3 is 0 Å². The Morgan fingerprint density at radius 2 is 2.12 bits per heavy atom. The van der Waals surface area contributed by atoms with Crippen LogP contribution in [-0.4, -0.2) is 39.1 Å². The first-order valence-electron chi connectivity index (χ1n) is 10.5. The average molecular weight is 435 g/mol. The highest BCUT2D eigenvalue weighted by Gasteiger charge is 2.48. The number of carbonyl (C=O) groups excluding carboxylic acids is 1. The molecule has 0 bridgehead atoms. The van der Waals surface area contributed by atoms with Crippen molar-refractivity contribution < 1.29 is 9.18 Å². The number of fused-ring (bicyclic) bond motifs is 2. The first-order valence-corrected chi connectivity index (χ1v) is 10.5. The first kappa shape index (κ1) is 20.3. The Balaban J connectivity index is 1.59. The number of nitrogens with zero attached hydrogens (tertiary/aromatic N) is 4. The van der Waals surface area contributed by atoms with Crippen LogP contribution in [0.5, 0.6) is 0 Å². The Labute approximate surface area is 183 Å². The smallest absolute Gasteiger partial charge is 0.257 e. The third-order valence-corrected chi connectivity index (χ3v) is 5.98. The zero-order valence-corrected chi connectivity index (χ0v) is 17.7. The van der Waals surface area contributed by atoms with Crippen molar-refractivity contribution in [3.63, 3.8) is 0 Å². The van der Waals surface area contributed by atoms with Gasteiger partial charge in [0, 0.05) is 0 Å². The van der Waals surface area contributed by atoms with Crippen molar-refractivity contribution in [2.45, 2.75) is 38.5 Å². The molecule has 0 saturated carbocycles. The highest BCUT2D eigenvalue weighted by molar-refractivity contribution is 6.43. The van der Waals surface area contributed by atoms with Crippen LogP contribution >= 0.6 is 0 Å². The van der Waals surface area contributed by atoms with Crippen molar-refractivity contribution in [3.8, 4) is 0 Å². The molecule has 3 N–H and O–H groups in total. The van der Waals surface area contributed by atoms with Crippen molar-refractivity contribution in [1.82, 2.24) is 20.4 Å². The highest BCUT2D eigenvalue weighted by Crippen LogP contribution is 2.40. The van der Waals surface area contributed by atoms with E-state index < -0.39 is 22.7 Å². The van der Waals surface area contributed by atoms with E-state index in [9.17, 15) is 14.0 Å². The Bertz CT molecular complexity index is 1280. The molecular formula is C22H22FN7O2. The molecule has 0 radical (unpaired) electrons. The van der Waals surface area contributed by atoms with E-state index in [4.69, 9.17) is 4.99 Å². The third-order valence-electron chi connectivity index (χ3n) is 5.98. The summed E-state index contributed by atoms with van der Waals surface area (Å²) in [7, 11) is 0. The number of unbranched alkanes of at least 4 members (excludes halogenated alkanes) is 1. The van der Waals surface area contributed by atoms with E-state index in [-0.39, 0.29) is 17.2 Å². The summed E-state index contributed by atoms with van der Waals surface area (Å²) >= 11 is 0. The topological polar surface area (TPSA) is 115 Å². The Morgan fingerprint density at radius 1 is 1.28 bits per heavy atom. The molecule has 1 amide bonds. The summed E-state index contributed by atoms with van der Waals surface area (Å²) in [6.45, 7) is 4.14. The second-order valence-electron chi connectivity index (χ2n) is 8.07. The lowest BCUT2D eigenvalue weighted by atomic mass is 9.78. The maximum absolute atomic E-state index is 13.9. The molecule has 1 aromatic carbocycles. The molecule has 10 heteroatoms. The summed E-state index contributed by atoms with van der Waals surface area (Å²) < 4.78 is 13.9. The molecule has 4 heterocycles. The number of amidine groups is 1. The lowest BCUT2D eigenvalue weighted by molar-refractivity contribution is -0.119. The van der Waals surface area contributed by atoms with Gasteiger partial charge in [0.1, 0.15) is 29.4 Å². The summed E-state index contributed by atoms with van der Waals surface area (Å²) in [5.74, 6) is 0.231. The van der Waals surface area contributed by atoms with Crippen LogP contribution in [0.15, 0.2) is 45.2 Å². The number of nitrogens with one attached hydrogen (secondary N) is 3. The van der Waals surface area contributed by atoms with Crippen molar-refractivity contribution >= 4 is 29.0 Å². The monoisotopic (exact) mass is 435 g/mol. The lowest BCUT2D eigenvalue weighted by Gasteiger charge is -2.23. The standard InChI is InChI=1S/C22H22FN7O2/c1-3-4-8-14-19-24-11-25-30(19)10-15(26-14)17-27-18-16(20(31)28-17)22(2,21(32)29-18)12-6-5-7-13(23)9-12/h5-7,9-10,25H,3-4,8,11H2,1-2H3,(H2,27,28,29,31,32). The number of hydrogen-bond donors (Lipinski definition) is 3. The summed E-state index contributed by atoms with van der Waals surface area (Å²) in [4.78, 5) is 42.5. The molecule has 0 fully saturated rings. The van der Waals surface area contributed by atoms with Crippen LogP contribution in [0.3, 0.4) is 0 Å². The fraction of sp³-hybridized carbons (Fsp3) is 0.318. The van der Waals surface area contributed by atoms with Gasteiger partial charge in [0.2, 0.25) is 5.91 Å². The predicted octanol–water partition coefficient (Wildman–Crippen LogP) is 2.29. The maximum Gasteiger partial charge on any atom is 0.257 e. The van der Waals surface area contributed by atoms with Crippen molar-refractivity contribution in [2.75, 3.05) is 12.0 Å². The molecule has 1 unspecified atom stereocenters. The number of amides is 1. The van der Waals surface area contributed by atoms with Gasteiger partial charge in [-0.1, -0.05) is 25.5 Å². The van der Waals surface area contributed by atoms with E-state index in [0.717, 1.165) is 30.8 Å². The number of anilines is 1. The molecule has 0 saturated heterocycles. The molecule has 32 heavy (non-hydrogen) atoms. The number of H-pyrrole nitrogens is 1. The van der Waals surface area contributed by atoms with E-state index in [2.05, 4.69) is 32.6 Å². The minimum absolute atomic E-state index is 0.153. The number of rotatable bonds is 5. The molecule has 9 nitrogen and oxygen atoms in total. The minimum atomic E-state index is -1.36. The summed E-state index contributed by atoms with van der Waals surface area (Å²) in [5.41, 5.74) is 3.10. The van der Waals surface area contributed by atoms with Crippen LogP contribution < -0.4 is 16.3 Å². The lowest BCUT2D eigenvalue weighted by Crippen LogP contribution is -2.39. The Hall–Kier alpha value is -3.66. The van der Waals surface area contributed by atoms with E-state index in [1.807, 2.05) is 0 Å². The van der Waals surface area contributed by atoms with Crippen molar-refractivity contribution in [1.29, 1.82) is 0 Å². The summed E-state index contributed by atoms with van der Waals surface area (Å²) in [6, 6.07) is 5.69. The molecule has 0 aliphatic carbocycles. The second-order valence-corrected chi connectivity index (χ2v) is 8.07. The number of aromatic nitrogens is 2. The van der Waals surface area contributed by atoms with Gasteiger partial charge in [0.05, 0.1) is 17.5 Å². The first-order chi connectivity index (χ1) is 15.4. The fourth-order valence-electron chi connectivity index (χ4n) is 4.22. The molecule has 3 aliphatic rings. The van der Waals surface area contributed by atoms with Crippen molar-refractivity contribution in [3.05, 3.63) is 63.6 Å². The van der Waals surface area contributed by atoms with Gasteiger partial charge in [-0.2, -0.15) is 0 Å². The molecule has 164 valence electrons. The van der Waals surface area contributed by atoms with E-state index in [1.165, 1.54) is 18.2 Å². The SMILES string of the molecule is CCCCC1=NC(c2nc3c(c(=O)[nH]2)C(C)(c2cccc(F)c2)C(=O)N3)=CN2NCN=C12. The number of hydrogen-bond acceptors (Lipinski definition) is 7. The van der Waals surface area contributed by atoms with Crippen molar-refractivity contribution in [2.24, 2.45) is 9.98 Å². The van der Waals surface area contributed by atoms with Crippen LogP contribution in [0, 0.1) is 5.82 Å². The maximum atomic E-state index is 13.9. The normalized spacial score (nSPS) is 21.5. The van der Waals surface area contributed by atoms with Gasteiger partial charge in [0.25, 0.3) is 5.56 Å². The minimum Gasteiger partial charge on any atom is -0.309 e. The van der Waals surface area contributed by atoms with Gasteiger partial charge in [-0.15, -0.1) is 0 Å². The molecule has 0 spiro atoms. The van der Waals surface area contributed by atoms with Crippen LogP contribution in [0.25, 0.3) is 5.70 Å². The van der Waals surface area contributed by atoms with E-state index >= 15 is 0 Å². The van der Waals surface area contributed by atoms with Gasteiger partial charge < -0.3 is 10.3 Å². The highest BCUT2D eigenvalue weighted by atomic mass is 19.1. The average Bonchev–Trinajstić information content (AvgIpc) is 3.35. The van der Waals surface area contributed by atoms with Gasteiger partial charge in [-0.25, -0.2) is 24.8 Å². The number of aliphatic imine (C=N–C) groups is 2. The molecule has 3 aliphatic heterocycles. The zero-order valence-electron chi connectivity index (χ0n) is 17.7. The summed E-state index contributed by atoms with van der Waals surface area (Å²) in [5, 5.41) is 4.47. The van der Waals surface area contributed by atoms with Gasteiger partial charge in [0.15, 0.2) is 11.7 Å². The molecular weight excluding hydrogens is 413 g/mol. The van der Waals surface area contributed by atoms with E-state index in [1.54, 1.807) is 24.2 Å². The molecule has 1 aromatic heterocycles. The second kappa shape index (κ2) is 7.49. The number of benzene rings is 1. The van der Waals surface area contributed by atoms with Crippen LogP contribution in [-0.2, 0) is 10.2 Å².